The Morgan fingerprint density at radius 3 is 2.75 bits per heavy atom. The van der Waals surface area contributed by atoms with E-state index in [4.69, 9.17) is 0 Å². The van der Waals surface area contributed by atoms with Crippen LogP contribution >= 0.6 is 0 Å². The summed E-state index contributed by atoms with van der Waals surface area (Å²) in [5, 5.41) is 14.5. The molecular formula is C17H16FN5O. The van der Waals surface area contributed by atoms with E-state index >= 15 is 0 Å². The number of hydrogen-bond donors (Lipinski definition) is 1. The summed E-state index contributed by atoms with van der Waals surface area (Å²) in [6.45, 7) is 3.81. The fourth-order valence-electron chi connectivity index (χ4n) is 2.27. The van der Waals surface area contributed by atoms with Gasteiger partial charge in [0, 0.05) is 5.69 Å². The van der Waals surface area contributed by atoms with Crippen molar-refractivity contribution >= 4 is 11.6 Å². The molecule has 0 unspecified atom stereocenters. The molecule has 24 heavy (non-hydrogen) atoms. The van der Waals surface area contributed by atoms with Crippen molar-refractivity contribution in [3.8, 4) is 11.4 Å². The molecule has 0 spiro atoms. The van der Waals surface area contributed by atoms with Gasteiger partial charge in [-0.2, -0.15) is 4.80 Å². The minimum atomic E-state index is -0.433. The number of nitrogens with zero attached hydrogens (tertiary/aromatic N) is 4. The lowest BCUT2D eigenvalue weighted by molar-refractivity contribution is -0.117. The van der Waals surface area contributed by atoms with E-state index in [2.05, 4.69) is 20.7 Å². The molecule has 3 aromatic rings. The first kappa shape index (κ1) is 15.8. The summed E-state index contributed by atoms with van der Waals surface area (Å²) >= 11 is 0. The summed E-state index contributed by atoms with van der Waals surface area (Å²) in [7, 11) is 0. The molecule has 0 bridgehead atoms. The first-order valence-electron chi connectivity index (χ1n) is 7.43. The van der Waals surface area contributed by atoms with Crippen molar-refractivity contribution in [2.24, 2.45) is 0 Å². The predicted molar refractivity (Wildman–Crippen MR) is 87.8 cm³/mol. The van der Waals surface area contributed by atoms with Crippen LogP contribution in [0.25, 0.3) is 11.4 Å². The summed E-state index contributed by atoms with van der Waals surface area (Å²) in [6.07, 6.45) is 0. The molecule has 2 aromatic carbocycles. The van der Waals surface area contributed by atoms with Crippen LogP contribution in [0.5, 0.6) is 0 Å². The van der Waals surface area contributed by atoms with Crippen LogP contribution in [0.1, 0.15) is 11.1 Å². The maximum atomic E-state index is 13.7. The number of carbonyl (C=O) groups excluding carboxylic acids is 1. The Morgan fingerprint density at radius 1 is 1.17 bits per heavy atom. The van der Waals surface area contributed by atoms with Gasteiger partial charge in [-0.05, 0) is 48.4 Å². The van der Waals surface area contributed by atoms with Gasteiger partial charge < -0.3 is 5.32 Å². The van der Waals surface area contributed by atoms with Crippen LogP contribution in [0.4, 0.5) is 10.1 Å². The highest BCUT2D eigenvalue weighted by Crippen LogP contribution is 2.18. The van der Waals surface area contributed by atoms with Crippen LogP contribution in [0, 0.1) is 19.7 Å². The minimum absolute atomic E-state index is 0.102. The summed E-state index contributed by atoms with van der Waals surface area (Å²) in [6, 6.07) is 11.8. The fourth-order valence-corrected chi connectivity index (χ4v) is 2.27. The van der Waals surface area contributed by atoms with E-state index < -0.39 is 5.82 Å². The molecule has 122 valence electrons. The van der Waals surface area contributed by atoms with Crippen LogP contribution in [0.3, 0.4) is 0 Å². The number of halogens is 1. The summed E-state index contributed by atoms with van der Waals surface area (Å²) in [5.74, 6) is -0.564. The number of tetrazole rings is 1. The molecule has 3 rings (SSSR count). The SMILES string of the molecule is Cc1cccc(NC(=O)Cn2nnc(-c3ccccc3F)n2)c1C. The van der Waals surface area contributed by atoms with Gasteiger partial charge in [-0.25, -0.2) is 4.39 Å². The third-order valence-electron chi connectivity index (χ3n) is 3.73. The molecule has 7 heteroatoms. The number of aromatic nitrogens is 4. The third-order valence-corrected chi connectivity index (χ3v) is 3.73. The fraction of sp³-hybridized carbons (Fsp3) is 0.176. The zero-order valence-corrected chi connectivity index (χ0v) is 13.3. The molecule has 0 fully saturated rings. The lowest BCUT2D eigenvalue weighted by atomic mass is 10.1. The van der Waals surface area contributed by atoms with Gasteiger partial charge in [0.2, 0.25) is 11.7 Å². The molecule has 1 amide bonds. The standard InChI is InChI=1S/C17H16FN5O/c1-11-6-5-9-15(12(11)2)19-16(24)10-23-21-17(20-22-23)13-7-3-4-8-14(13)18/h3-9H,10H2,1-2H3,(H,19,24). The maximum Gasteiger partial charge on any atom is 0.248 e. The van der Waals surface area contributed by atoms with E-state index in [0.29, 0.717) is 0 Å². The van der Waals surface area contributed by atoms with Crippen molar-refractivity contribution in [1.29, 1.82) is 0 Å². The lowest BCUT2D eigenvalue weighted by Gasteiger charge is -2.09. The van der Waals surface area contributed by atoms with Gasteiger partial charge in [-0.15, -0.1) is 10.2 Å². The molecule has 1 heterocycles. The van der Waals surface area contributed by atoms with Crippen LogP contribution in [-0.2, 0) is 11.3 Å². The second-order valence-corrected chi connectivity index (χ2v) is 5.42. The average molecular weight is 325 g/mol. The maximum absolute atomic E-state index is 13.7. The number of nitrogens with one attached hydrogen (secondary N) is 1. The van der Waals surface area contributed by atoms with Gasteiger partial charge in [-0.1, -0.05) is 24.3 Å². The van der Waals surface area contributed by atoms with Crippen LogP contribution in [-0.4, -0.2) is 26.1 Å². The number of anilines is 1. The Labute approximate surface area is 138 Å². The lowest BCUT2D eigenvalue weighted by Crippen LogP contribution is -2.21. The Balaban J connectivity index is 1.72. The van der Waals surface area contributed by atoms with Gasteiger partial charge in [0.15, 0.2) is 0 Å². The van der Waals surface area contributed by atoms with Gasteiger partial charge >= 0.3 is 0 Å². The number of aryl methyl sites for hydroxylation is 1. The Kier molecular flexibility index (Phi) is 4.33. The molecule has 0 saturated heterocycles. The van der Waals surface area contributed by atoms with E-state index in [1.807, 2.05) is 32.0 Å². The quantitative estimate of drug-likeness (QED) is 0.800. The Morgan fingerprint density at radius 2 is 1.96 bits per heavy atom. The largest absolute Gasteiger partial charge is 0.324 e. The predicted octanol–water partition coefficient (Wildman–Crippen LogP) is 2.73. The summed E-state index contributed by atoms with van der Waals surface area (Å²) < 4.78 is 13.7. The second-order valence-electron chi connectivity index (χ2n) is 5.42. The van der Waals surface area contributed by atoms with E-state index in [9.17, 15) is 9.18 Å². The molecule has 0 atom stereocenters. The molecule has 1 aromatic heterocycles. The normalized spacial score (nSPS) is 10.6. The molecule has 0 saturated carbocycles. The van der Waals surface area contributed by atoms with Gasteiger partial charge in [0.25, 0.3) is 0 Å². The zero-order valence-electron chi connectivity index (χ0n) is 13.3. The molecule has 0 aliphatic heterocycles. The van der Waals surface area contributed by atoms with E-state index in [1.54, 1.807) is 18.2 Å². The second kappa shape index (κ2) is 6.57. The minimum Gasteiger partial charge on any atom is -0.324 e. The average Bonchev–Trinajstić information content (AvgIpc) is 3.00. The Bertz CT molecular complexity index is 890. The van der Waals surface area contributed by atoms with Crippen molar-refractivity contribution in [3.63, 3.8) is 0 Å². The van der Waals surface area contributed by atoms with Gasteiger partial charge in [0.1, 0.15) is 12.4 Å². The highest BCUT2D eigenvalue weighted by molar-refractivity contribution is 5.91. The van der Waals surface area contributed by atoms with Crippen molar-refractivity contribution in [3.05, 3.63) is 59.4 Å². The van der Waals surface area contributed by atoms with Gasteiger partial charge in [-0.3, -0.25) is 4.79 Å². The first-order chi connectivity index (χ1) is 11.5. The number of benzene rings is 2. The highest BCUT2D eigenvalue weighted by atomic mass is 19.1. The van der Waals surface area contributed by atoms with Crippen molar-refractivity contribution < 1.29 is 9.18 Å². The van der Waals surface area contributed by atoms with Crippen molar-refractivity contribution in [2.45, 2.75) is 20.4 Å². The van der Waals surface area contributed by atoms with E-state index in [1.165, 1.54) is 6.07 Å². The van der Waals surface area contributed by atoms with Gasteiger partial charge in [0.05, 0.1) is 5.56 Å². The summed E-state index contributed by atoms with van der Waals surface area (Å²) in [5.41, 5.74) is 3.09. The van der Waals surface area contributed by atoms with E-state index in [-0.39, 0.29) is 23.8 Å². The van der Waals surface area contributed by atoms with Crippen LogP contribution in [0.2, 0.25) is 0 Å². The molecule has 0 aliphatic rings. The topological polar surface area (TPSA) is 72.7 Å². The number of hydrogen-bond acceptors (Lipinski definition) is 4. The van der Waals surface area contributed by atoms with Crippen LogP contribution < -0.4 is 5.32 Å². The summed E-state index contributed by atoms with van der Waals surface area (Å²) in [4.78, 5) is 13.3. The number of carbonyl (C=O) groups is 1. The number of rotatable bonds is 4. The monoisotopic (exact) mass is 325 g/mol. The van der Waals surface area contributed by atoms with Crippen LogP contribution in [0.15, 0.2) is 42.5 Å². The van der Waals surface area contributed by atoms with Crippen molar-refractivity contribution in [2.75, 3.05) is 5.32 Å². The number of amides is 1. The molecule has 1 N–H and O–H groups in total. The smallest absolute Gasteiger partial charge is 0.248 e. The zero-order chi connectivity index (χ0) is 17.1. The third kappa shape index (κ3) is 3.29. The molecule has 6 nitrogen and oxygen atoms in total. The van der Waals surface area contributed by atoms with Crippen molar-refractivity contribution in [1.82, 2.24) is 20.2 Å². The first-order valence-corrected chi connectivity index (χ1v) is 7.43. The Hall–Kier alpha value is -3.09. The highest BCUT2D eigenvalue weighted by Gasteiger charge is 2.13. The molecule has 0 aliphatic carbocycles. The molecular weight excluding hydrogens is 309 g/mol. The molecule has 0 radical (unpaired) electrons. The van der Waals surface area contributed by atoms with E-state index in [0.717, 1.165) is 21.6 Å².